The number of rotatable bonds is 4. The first-order chi connectivity index (χ1) is 11.1. The summed E-state index contributed by atoms with van der Waals surface area (Å²) in [6, 6.07) is 10.6. The Hall–Kier alpha value is -1.43. The van der Waals surface area contributed by atoms with E-state index in [2.05, 4.69) is 34.5 Å². The highest BCUT2D eigenvalue weighted by Crippen LogP contribution is 2.19. The lowest BCUT2D eigenvalue weighted by Gasteiger charge is -2.37. The molecule has 5 nitrogen and oxygen atoms in total. The van der Waals surface area contributed by atoms with Gasteiger partial charge in [-0.15, -0.1) is 0 Å². The molecule has 0 aromatic heterocycles. The Morgan fingerprint density at radius 1 is 1.30 bits per heavy atom. The summed E-state index contributed by atoms with van der Waals surface area (Å²) in [4.78, 5) is 16.9. The van der Waals surface area contributed by atoms with Crippen LogP contribution in [-0.4, -0.2) is 65.7 Å². The van der Waals surface area contributed by atoms with Crippen molar-refractivity contribution in [2.75, 3.05) is 26.7 Å². The van der Waals surface area contributed by atoms with Gasteiger partial charge in [0.05, 0.1) is 12.1 Å². The minimum absolute atomic E-state index is 0.128. The maximum atomic E-state index is 12.5. The average Bonchev–Trinajstić information content (AvgIpc) is 3.02. The Bertz CT molecular complexity index is 514. The fourth-order valence-corrected chi connectivity index (χ4v) is 3.64. The Kier molecular flexibility index (Phi) is 5.30. The fourth-order valence-electron chi connectivity index (χ4n) is 3.64. The standard InChI is InChI=1S/C18H27N3O2/c1-20(18(23)17-11-16(22)12-19-17)15-7-9-21(10-8-15)13-14-5-3-2-4-6-14/h2-6,15-17,19,22H,7-13H2,1H3/t16-,17-/m1/s1. The van der Waals surface area contributed by atoms with E-state index in [0.717, 1.165) is 32.5 Å². The summed E-state index contributed by atoms with van der Waals surface area (Å²) in [6.07, 6.45) is 2.19. The van der Waals surface area contributed by atoms with Crippen LogP contribution in [-0.2, 0) is 11.3 Å². The van der Waals surface area contributed by atoms with Crippen LogP contribution in [0.4, 0.5) is 0 Å². The van der Waals surface area contributed by atoms with E-state index >= 15 is 0 Å². The third-order valence-electron chi connectivity index (χ3n) is 5.11. The van der Waals surface area contributed by atoms with E-state index in [1.54, 1.807) is 0 Å². The van der Waals surface area contributed by atoms with Crippen LogP contribution in [0.3, 0.4) is 0 Å². The maximum Gasteiger partial charge on any atom is 0.239 e. The summed E-state index contributed by atoms with van der Waals surface area (Å²) in [5.74, 6) is 0.128. The monoisotopic (exact) mass is 317 g/mol. The lowest BCUT2D eigenvalue weighted by atomic mass is 10.0. The Balaban J connectivity index is 1.47. The van der Waals surface area contributed by atoms with Gasteiger partial charge in [-0.1, -0.05) is 30.3 Å². The second-order valence-corrected chi connectivity index (χ2v) is 6.79. The van der Waals surface area contributed by atoms with E-state index < -0.39 is 0 Å². The number of piperidine rings is 1. The number of amides is 1. The van der Waals surface area contributed by atoms with Gasteiger partial charge in [0.15, 0.2) is 0 Å². The highest BCUT2D eigenvalue weighted by molar-refractivity contribution is 5.82. The maximum absolute atomic E-state index is 12.5. The van der Waals surface area contributed by atoms with Crippen molar-refractivity contribution in [1.82, 2.24) is 15.1 Å². The number of nitrogens with zero attached hydrogens (tertiary/aromatic N) is 2. The summed E-state index contributed by atoms with van der Waals surface area (Å²) in [5.41, 5.74) is 1.35. The van der Waals surface area contributed by atoms with Crippen molar-refractivity contribution in [3.05, 3.63) is 35.9 Å². The molecular weight excluding hydrogens is 290 g/mol. The normalized spacial score (nSPS) is 26.3. The quantitative estimate of drug-likeness (QED) is 0.864. The van der Waals surface area contributed by atoms with E-state index in [1.165, 1.54) is 5.56 Å². The third kappa shape index (κ3) is 4.10. The van der Waals surface area contributed by atoms with Crippen LogP contribution in [0.25, 0.3) is 0 Å². The number of carbonyl (C=O) groups is 1. The number of hydrogen-bond donors (Lipinski definition) is 2. The van der Waals surface area contributed by atoms with Crippen molar-refractivity contribution in [1.29, 1.82) is 0 Å². The summed E-state index contributed by atoms with van der Waals surface area (Å²) in [6.45, 7) is 3.57. The number of likely N-dealkylation sites (N-methyl/N-ethyl adjacent to an activating group) is 1. The smallest absolute Gasteiger partial charge is 0.239 e. The van der Waals surface area contributed by atoms with E-state index in [9.17, 15) is 9.90 Å². The van der Waals surface area contributed by atoms with Crippen LogP contribution < -0.4 is 5.32 Å². The molecule has 0 bridgehead atoms. The minimum atomic E-state index is -0.384. The predicted molar refractivity (Wildman–Crippen MR) is 89.9 cm³/mol. The van der Waals surface area contributed by atoms with Crippen LogP contribution in [0.2, 0.25) is 0 Å². The Morgan fingerprint density at radius 3 is 2.61 bits per heavy atom. The van der Waals surface area contributed by atoms with E-state index in [-0.39, 0.29) is 18.1 Å². The van der Waals surface area contributed by atoms with Crippen molar-refractivity contribution in [3.63, 3.8) is 0 Å². The number of aliphatic hydroxyl groups excluding tert-OH is 1. The van der Waals surface area contributed by atoms with Crippen molar-refractivity contribution in [2.45, 2.75) is 44.0 Å². The molecule has 23 heavy (non-hydrogen) atoms. The van der Waals surface area contributed by atoms with Crippen molar-refractivity contribution < 1.29 is 9.90 Å². The fraction of sp³-hybridized carbons (Fsp3) is 0.611. The van der Waals surface area contributed by atoms with Gasteiger partial charge in [-0.2, -0.15) is 0 Å². The summed E-state index contributed by atoms with van der Waals surface area (Å²) in [5, 5.41) is 12.7. The summed E-state index contributed by atoms with van der Waals surface area (Å²) < 4.78 is 0. The van der Waals surface area contributed by atoms with Gasteiger partial charge in [0.2, 0.25) is 5.91 Å². The van der Waals surface area contributed by atoms with Crippen molar-refractivity contribution in [2.24, 2.45) is 0 Å². The van der Waals surface area contributed by atoms with Gasteiger partial charge in [-0.25, -0.2) is 0 Å². The van der Waals surface area contributed by atoms with Gasteiger partial charge in [0.25, 0.3) is 0 Å². The first-order valence-electron chi connectivity index (χ1n) is 8.58. The second-order valence-electron chi connectivity index (χ2n) is 6.79. The van der Waals surface area contributed by atoms with Crippen LogP contribution in [0, 0.1) is 0 Å². The Morgan fingerprint density at radius 2 is 2.00 bits per heavy atom. The molecule has 1 amide bonds. The number of aliphatic hydroxyl groups is 1. The molecular formula is C18H27N3O2. The molecule has 1 aromatic rings. The van der Waals surface area contributed by atoms with E-state index in [1.807, 2.05) is 18.0 Å². The topological polar surface area (TPSA) is 55.8 Å². The molecule has 126 valence electrons. The summed E-state index contributed by atoms with van der Waals surface area (Å²) in [7, 11) is 1.91. The molecule has 2 atom stereocenters. The molecule has 0 saturated carbocycles. The second kappa shape index (κ2) is 7.43. The first-order valence-corrected chi connectivity index (χ1v) is 8.58. The SMILES string of the molecule is CN(C(=O)[C@H]1C[C@@H](O)CN1)C1CCN(Cc2ccccc2)CC1. The van der Waals surface area contributed by atoms with Gasteiger partial charge < -0.3 is 15.3 Å². The van der Waals surface area contributed by atoms with Gasteiger partial charge >= 0.3 is 0 Å². The number of benzene rings is 1. The Labute approximate surface area is 138 Å². The highest BCUT2D eigenvalue weighted by Gasteiger charge is 2.33. The largest absolute Gasteiger partial charge is 0.392 e. The highest BCUT2D eigenvalue weighted by atomic mass is 16.3. The molecule has 0 spiro atoms. The van der Waals surface area contributed by atoms with Gasteiger partial charge in [0, 0.05) is 39.3 Å². The lowest BCUT2D eigenvalue weighted by Crippen LogP contribution is -2.50. The third-order valence-corrected chi connectivity index (χ3v) is 5.11. The molecule has 5 heteroatoms. The molecule has 0 unspecified atom stereocenters. The minimum Gasteiger partial charge on any atom is -0.392 e. The molecule has 2 aliphatic rings. The molecule has 2 aliphatic heterocycles. The average molecular weight is 317 g/mol. The van der Waals surface area contributed by atoms with E-state index in [4.69, 9.17) is 0 Å². The van der Waals surface area contributed by atoms with Crippen molar-refractivity contribution in [3.8, 4) is 0 Å². The zero-order valence-electron chi connectivity index (χ0n) is 13.8. The molecule has 2 heterocycles. The van der Waals surface area contributed by atoms with Crippen molar-refractivity contribution >= 4 is 5.91 Å². The molecule has 1 aromatic carbocycles. The molecule has 0 radical (unpaired) electrons. The number of likely N-dealkylation sites (tertiary alicyclic amines) is 1. The zero-order valence-corrected chi connectivity index (χ0v) is 13.8. The number of hydrogen-bond acceptors (Lipinski definition) is 4. The van der Waals surface area contributed by atoms with Crippen LogP contribution in [0.5, 0.6) is 0 Å². The molecule has 3 rings (SSSR count). The van der Waals surface area contributed by atoms with Crippen LogP contribution >= 0.6 is 0 Å². The van der Waals surface area contributed by atoms with E-state index in [0.29, 0.717) is 19.0 Å². The zero-order chi connectivity index (χ0) is 16.2. The molecule has 2 saturated heterocycles. The predicted octanol–water partition coefficient (Wildman–Crippen LogP) is 0.832. The van der Waals surface area contributed by atoms with Gasteiger partial charge in [-0.3, -0.25) is 9.69 Å². The number of β-amino-alcohol motifs (C(OH)–C–C–N with tert-alkyl or cyclic N) is 1. The molecule has 0 aliphatic carbocycles. The van der Waals surface area contributed by atoms with Crippen LogP contribution in [0.1, 0.15) is 24.8 Å². The lowest BCUT2D eigenvalue weighted by molar-refractivity contribution is -0.134. The van der Waals surface area contributed by atoms with Gasteiger partial charge in [0.1, 0.15) is 0 Å². The van der Waals surface area contributed by atoms with Crippen LogP contribution in [0.15, 0.2) is 30.3 Å². The first kappa shape index (κ1) is 16.4. The molecule has 2 N–H and O–H groups in total. The number of nitrogens with one attached hydrogen (secondary N) is 1. The van der Waals surface area contributed by atoms with Gasteiger partial charge in [-0.05, 0) is 24.8 Å². The summed E-state index contributed by atoms with van der Waals surface area (Å²) >= 11 is 0. The molecule has 2 fully saturated rings. The number of carbonyl (C=O) groups excluding carboxylic acids is 1.